The maximum Gasteiger partial charge on any atom is 0.225 e. The fraction of sp³-hybridized carbons (Fsp3) is 0.429. The summed E-state index contributed by atoms with van der Waals surface area (Å²) in [5.41, 5.74) is 0. The molecule has 0 radical (unpaired) electrons. The highest BCUT2D eigenvalue weighted by molar-refractivity contribution is 9.10. The Morgan fingerprint density at radius 1 is 1.43 bits per heavy atom. The molecule has 0 aromatic carbocycles. The van der Waals surface area contributed by atoms with Gasteiger partial charge in [0.25, 0.3) is 0 Å². The van der Waals surface area contributed by atoms with E-state index in [1.165, 1.54) is 11.3 Å². The fourth-order valence-corrected chi connectivity index (χ4v) is 4.24. The molecule has 3 rings (SSSR count). The summed E-state index contributed by atoms with van der Waals surface area (Å²) in [6.07, 6.45) is 5.93. The molecule has 0 aliphatic carbocycles. The molecule has 1 aliphatic rings. The highest BCUT2D eigenvalue weighted by atomic mass is 79.9. The second-order valence-corrected chi connectivity index (χ2v) is 7.64. The number of anilines is 1. The SMILES string of the molecule is Clc1sc(CNC2CCCN(c3ncccn3)C2)cc1Br. The van der Waals surface area contributed by atoms with Crippen molar-refractivity contribution in [2.45, 2.75) is 25.4 Å². The van der Waals surface area contributed by atoms with Crippen molar-refractivity contribution in [3.63, 3.8) is 0 Å². The lowest BCUT2D eigenvalue weighted by atomic mass is 10.1. The average molecular weight is 388 g/mol. The van der Waals surface area contributed by atoms with E-state index < -0.39 is 0 Å². The zero-order valence-electron chi connectivity index (χ0n) is 11.4. The van der Waals surface area contributed by atoms with Crippen molar-refractivity contribution < 1.29 is 0 Å². The second-order valence-electron chi connectivity index (χ2n) is 5.05. The van der Waals surface area contributed by atoms with E-state index in [1.807, 2.05) is 6.07 Å². The minimum absolute atomic E-state index is 0.460. The molecule has 1 N–H and O–H groups in total. The quantitative estimate of drug-likeness (QED) is 0.868. The van der Waals surface area contributed by atoms with Crippen molar-refractivity contribution in [2.24, 2.45) is 0 Å². The summed E-state index contributed by atoms with van der Waals surface area (Å²) in [5.74, 6) is 0.825. The molecule has 1 unspecified atom stereocenters. The molecule has 2 aromatic rings. The summed E-state index contributed by atoms with van der Waals surface area (Å²) < 4.78 is 1.80. The first-order valence-electron chi connectivity index (χ1n) is 6.91. The number of thiophene rings is 1. The van der Waals surface area contributed by atoms with Gasteiger partial charge in [-0.2, -0.15) is 0 Å². The van der Waals surface area contributed by atoms with Crippen LogP contribution in [-0.4, -0.2) is 29.1 Å². The number of nitrogens with one attached hydrogen (secondary N) is 1. The molecule has 21 heavy (non-hydrogen) atoms. The Kier molecular flexibility index (Phi) is 5.11. The Bertz CT molecular complexity index is 572. The van der Waals surface area contributed by atoms with Gasteiger partial charge in [-0.15, -0.1) is 11.3 Å². The van der Waals surface area contributed by atoms with Gasteiger partial charge in [-0.25, -0.2) is 9.97 Å². The topological polar surface area (TPSA) is 41.0 Å². The van der Waals surface area contributed by atoms with E-state index in [9.17, 15) is 0 Å². The third kappa shape index (κ3) is 3.94. The Balaban J connectivity index is 1.56. The van der Waals surface area contributed by atoms with Crippen molar-refractivity contribution in [1.29, 1.82) is 0 Å². The van der Waals surface area contributed by atoms with E-state index in [-0.39, 0.29) is 0 Å². The third-order valence-electron chi connectivity index (χ3n) is 3.52. The molecule has 1 fully saturated rings. The summed E-state index contributed by atoms with van der Waals surface area (Å²) in [6, 6.07) is 4.39. The predicted molar refractivity (Wildman–Crippen MR) is 91.1 cm³/mol. The molecule has 1 saturated heterocycles. The molecule has 0 amide bonds. The Labute approximate surface area is 141 Å². The van der Waals surface area contributed by atoms with E-state index in [4.69, 9.17) is 11.6 Å². The van der Waals surface area contributed by atoms with E-state index >= 15 is 0 Å². The van der Waals surface area contributed by atoms with Crippen LogP contribution >= 0.6 is 38.9 Å². The molecule has 7 heteroatoms. The molecule has 3 heterocycles. The minimum atomic E-state index is 0.460. The first kappa shape index (κ1) is 15.2. The van der Waals surface area contributed by atoms with Crippen LogP contribution in [0.5, 0.6) is 0 Å². The lowest BCUT2D eigenvalue weighted by Crippen LogP contribution is -2.46. The number of aromatic nitrogens is 2. The van der Waals surface area contributed by atoms with Gasteiger partial charge in [-0.3, -0.25) is 0 Å². The van der Waals surface area contributed by atoms with Gasteiger partial charge in [0, 0.05) is 47.4 Å². The number of nitrogens with zero attached hydrogens (tertiary/aromatic N) is 3. The maximum absolute atomic E-state index is 6.07. The lowest BCUT2D eigenvalue weighted by Gasteiger charge is -2.33. The van der Waals surface area contributed by atoms with Crippen LogP contribution in [0.3, 0.4) is 0 Å². The predicted octanol–water partition coefficient (Wildman–Crippen LogP) is 3.71. The number of piperidine rings is 1. The largest absolute Gasteiger partial charge is 0.339 e. The first-order chi connectivity index (χ1) is 10.2. The van der Waals surface area contributed by atoms with Gasteiger partial charge < -0.3 is 10.2 Å². The van der Waals surface area contributed by atoms with Gasteiger partial charge in [-0.1, -0.05) is 11.6 Å². The van der Waals surface area contributed by atoms with E-state index in [0.29, 0.717) is 6.04 Å². The van der Waals surface area contributed by atoms with Gasteiger partial charge in [0.1, 0.15) is 4.34 Å². The van der Waals surface area contributed by atoms with Crippen LogP contribution in [0.15, 0.2) is 29.0 Å². The summed E-state index contributed by atoms with van der Waals surface area (Å²) in [4.78, 5) is 12.2. The molecule has 4 nitrogen and oxygen atoms in total. The average Bonchev–Trinajstić information content (AvgIpc) is 2.85. The minimum Gasteiger partial charge on any atom is -0.339 e. The number of hydrogen-bond acceptors (Lipinski definition) is 5. The normalized spacial score (nSPS) is 19.0. The summed E-state index contributed by atoms with van der Waals surface area (Å²) in [7, 11) is 0. The highest BCUT2D eigenvalue weighted by Crippen LogP contribution is 2.32. The molecule has 1 aliphatic heterocycles. The smallest absolute Gasteiger partial charge is 0.225 e. The van der Waals surface area contributed by atoms with Crippen LogP contribution in [0.1, 0.15) is 17.7 Å². The highest BCUT2D eigenvalue weighted by Gasteiger charge is 2.21. The van der Waals surface area contributed by atoms with E-state index in [2.05, 4.69) is 42.2 Å². The van der Waals surface area contributed by atoms with Crippen molar-refractivity contribution in [2.75, 3.05) is 18.0 Å². The van der Waals surface area contributed by atoms with Crippen molar-refractivity contribution in [3.05, 3.63) is 38.2 Å². The fourth-order valence-electron chi connectivity index (χ4n) is 2.50. The molecule has 1 atom stereocenters. The monoisotopic (exact) mass is 386 g/mol. The zero-order valence-corrected chi connectivity index (χ0v) is 14.6. The maximum atomic E-state index is 6.07. The zero-order chi connectivity index (χ0) is 14.7. The molecule has 0 bridgehead atoms. The van der Waals surface area contributed by atoms with Crippen LogP contribution in [0.2, 0.25) is 4.34 Å². The van der Waals surface area contributed by atoms with Gasteiger partial charge in [0.2, 0.25) is 5.95 Å². The van der Waals surface area contributed by atoms with Crippen molar-refractivity contribution in [1.82, 2.24) is 15.3 Å². The number of halogens is 2. The van der Waals surface area contributed by atoms with Crippen LogP contribution in [0.25, 0.3) is 0 Å². The number of rotatable bonds is 4. The van der Waals surface area contributed by atoms with E-state index in [0.717, 1.165) is 40.8 Å². The van der Waals surface area contributed by atoms with Gasteiger partial charge >= 0.3 is 0 Å². The van der Waals surface area contributed by atoms with Gasteiger partial charge in [0.15, 0.2) is 0 Å². The number of hydrogen-bond donors (Lipinski definition) is 1. The van der Waals surface area contributed by atoms with Crippen LogP contribution in [0, 0.1) is 0 Å². The Morgan fingerprint density at radius 3 is 2.95 bits per heavy atom. The molecule has 112 valence electrons. The molecular weight excluding hydrogens is 372 g/mol. The second kappa shape index (κ2) is 7.05. The van der Waals surface area contributed by atoms with Crippen LogP contribution in [0.4, 0.5) is 5.95 Å². The molecule has 0 spiro atoms. The molecule has 2 aromatic heterocycles. The van der Waals surface area contributed by atoms with Crippen LogP contribution in [-0.2, 0) is 6.54 Å². The summed E-state index contributed by atoms with van der Waals surface area (Å²) in [5, 5.41) is 3.61. The Hall–Kier alpha value is -0.690. The molecular formula is C14H16BrClN4S. The van der Waals surface area contributed by atoms with Crippen molar-refractivity contribution in [3.8, 4) is 0 Å². The van der Waals surface area contributed by atoms with Gasteiger partial charge in [0.05, 0.1) is 0 Å². The third-order valence-corrected chi connectivity index (χ3v) is 5.99. The standard InChI is InChI=1S/C14H16BrClN4S/c15-12-7-11(21-13(12)16)8-19-10-3-1-6-20(9-10)14-17-4-2-5-18-14/h2,4-5,7,10,19H,1,3,6,8-9H2. The van der Waals surface area contributed by atoms with Crippen molar-refractivity contribution >= 4 is 44.8 Å². The summed E-state index contributed by atoms with van der Waals surface area (Å²) >= 11 is 11.1. The van der Waals surface area contributed by atoms with Gasteiger partial charge in [-0.05, 0) is 40.9 Å². The first-order valence-corrected chi connectivity index (χ1v) is 8.90. The molecule has 0 saturated carbocycles. The van der Waals surface area contributed by atoms with Crippen LogP contribution < -0.4 is 10.2 Å². The summed E-state index contributed by atoms with van der Waals surface area (Å²) in [6.45, 7) is 2.83. The van der Waals surface area contributed by atoms with E-state index in [1.54, 1.807) is 23.7 Å². The lowest BCUT2D eigenvalue weighted by molar-refractivity contribution is 0.419. The Morgan fingerprint density at radius 2 is 2.24 bits per heavy atom.